The summed E-state index contributed by atoms with van der Waals surface area (Å²) in [4.78, 5) is 30.6. The number of anilines is 1. The highest BCUT2D eigenvalue weighted by molar-refractivity contribution is 6.08. The van der Waals surface area contributed by atoms with Gasteiger partial charge in [0.2, 0.25) is 0 Å². The minimum atomic E-state index is -4.45. The van der Waals surface area contributed by atoms with Crippen molar-refractivity contribution in [1.82, 2.24) is 10.3 Å². The molecule has 1 atom stereocenters. The number of carbonyl (C=O) groups excluding carboxylic acids is 2. The van der Waals surface area contributed by atoms with Gasteiger partial charge in [-0.1, -0.05) is 60.7 Å². The fourth-order valence-corrected chi connectivity index (χ4v) is 4.50. The van der Waals surface area contributed by atoms with Crippen LogP contribution < -0.4 is 16.4 Å². The van der Waals surface area contributed by atoms with Gasteiger partial charge >= 0.3 is 6.18 Å². The summed E-state index contributed by atoms with van der Waals surface area (Å²) in [5.74, 6) is -0.449. The van der Waals surface area contributed by atoms with Crippen LogP contribution in [0.4, 0.5) is 19.0 Å². The van der Waals surface area contributed by atoms with Crippen LogP contribution in [0, 0.1) is 0 Å². The Bertz CT molecular complexity index is 1700. The molecule has 0 aliphatic carbocycles. The number of aromatic nitrogens is 1. The normalized spacial score (nSPS) is 12.1. The third-order valence-corrected chi connectivity index (χ3v) is 6.63. The number of benzene rings is 4. The molecule has 9 heteroatoms. The molecule has 2 amide bonds. The van der Waals surface area contributed by atoms with Crippen LogP contribution in [0.1, 0.15) is 37.9 Å². The number of halogens is 3. The molecular weight excluding hydrogens is 529 g/mol. The highest BCUT2D eigenvalue weighted by Crippen LogP contribution is 2.32. The summed E-state index contributed by atoms with van der Waals surface area (Å²) in [6.07, 6.45) is -4.45. The van der Waals surface area contributed by atoms with E-state index in [0.717, 1.165) is 17.7 Å². The lowest BCUT2D eigenvalue weighted by Crippen LogP contribution is -2.33. The summed E-state index contributed by atoms with van der Waals surface area (Å²) in [6, 6.07) is 28.9. The molecule has 5 rings (SSSR count). The monoisotopic (exact) mass is 554 g/mol. The van der Waals surface area contributed by atoms with Gasteiger partial charge in [0.25, 0.3) is 11.8 Å². The second-order valence-corrected chi connectivity index (χ2v) is 9.35. The lowest BCUT2D eigenvalue weighted by atomic mass is 9.98. The number of alkyl halides is 3. The van der Waals surface area contributed by atoms with Crippen LogP contribution in [-0.4, -0.2) is 23.3 Å². The van der Waals surface area contributed by atoms with Crippen LogP contribution in [0.15, 0.2) is 109 Å². The SMILES string of the molecule is NC[C@@H](NC(=O)c1ccc2nc(NC(=O)c3ccccc3-c3ccc(C(F)(F)F)cc3)ccc2c1)c1ccccc1. The summed E-state index contributed by atoms with van der Waals surface area (Å²) in [6.45, 7) is 0.246. The summed E-state index contributed by atoms with van der Waals surface area (Å²) >= 11 is 0. The van der Waals surface area contributed by atoms with Gasteiger partial charge < -0.3 is 16.4 Å². The number of fused-ring (bicyclic) bond motifs is 1. The average Bonchev–Trinajstić information content (AvgIpc) is 2.99. The van der Waals surface area contributed by atoms with E-state index < -0.39 is 17.6 Å². The Hall–Kier alpha value is -5.02. The van der Waals surface area contributed by atoms with Crippen molar-refractivity contribution in [3.63, 3.8) is 0 Å². The van der Waals surface area contributed by atoms with E-state index in [0.29, 0.717) is 27.6 Å². The molecule has 1 aromatic heterocycles. The van der Waals surface area contributed by atoms with Crippen molar-refractivity contribution in [3.8, 4) is 11.1 Å². The predicted molar refractivity (Wildman–Crippen MR) is 152 cm³/mol. The molecule has 0 bridgehead atoms. The Morgan fingerprint density at radius 3 is 2.22 bits per heavy atom. The van der Waals surface area contributed by atoms with Crippen molar-refractivity contribution in [2.45, 2.75) is 12.2 Å². The average molecular weight is 555 g/mol. The molecule has 0 radical (unpaired) electrons. The van der Waals surface area contributed by atoms with Gasteiger partial charge in [-0.3, -0.25) is 9.59 Å². The molecule has 5 aromatic rings. The van der Waals surface area contributed by atoms with E-state index in [1.165, 1.54) is 12.1 Å². The lowest BCUT2D eigenvalue weighted by Gasteiger charge is -2.17. The number of pyridine rings is 1. The number of hydrogen-bond donors (Lipinski definition) is 3. The maximum Gasteiger partial charge on any atom is 0.416 e. The van der Waals surface area contributed by atoms with Crippen LogP contribution >= 0.6 is 0 Å². The first-order valence-electron chi connectivity index (χ1n) is 12.8. The molecule has 0 saturated carbocycles. The third-order valence-electron chi connectivity index (χ3n) is 6.63. The highest BCUT2D eigenvalue weighted by Gasteiger charge is 2.30. The molecule has 6 nitrogen and oxygen atoms in total. The first-order chi connectivity index (χ1) is 19.7. The van der Waals surface area contributed by atoms with Gasteiger partial charge in [-0.25, -0.2) is 4.98 Å². The number of rotatable bonds is 7. The second kappa shape index (κ2) is 11.6. The highest BCUT2D eigenvalue weighted by atomic mass is 19.4. The fourth-order valence-electron chi connectivity index (χ4n) is 4.50. The minimum absolute atomic E-state index is 0.246. The van der Waals surface area contributed by atoms with Crippen molar-refractivity contribution >= 4 is 28.5 Å². The fraction of sp³-hybridized carbons (Fsp3) is 0.0938. The van der Waals surface area contributed by atoms with Crippen molar-refractivity contribution in [2.24, 2.45) is 5.73 Å². The number of nitrogens with zero attached hydrogens (tertiary/aromatic N) is 1. The Balaban J connectivity index is 1.33. The summed E-state index contributed by atoms with van der Waals surface area (Å²) in [5.41, 5.74) is 8.28. The predicted octanol–water partition coefficient (Wildman–Crippen LogP) is 6.60. The zero-order chi connectivity index (χ0) is 29.0. The van der Waals surface area contributed by atoms with E-state index in [4.69, 9.17) is 5.73 Å². The standard InChI is InChI=1S/C32H25F3N4O2/c33-32(34,35)24-14-10-20(11-15-24)25-8-4-5-9-26(25)31(41)39-29-17-13-22-18-23(12-16-27(22)37-29)30(40)38-28(19-36)21-6-2-1-3-7-21/h1-18,28H,19,36H2,(H,38,40)(H,37,39,41)/t28-/m1/s1. The molecule has 0 fully saturated rings. The second-order valence-electron chi connectivity index (χ2n) is 9.35. The first-order valence-corrected chi connectivity index (χ1v) is 12.8. The third kappa shape index (κ3) is 6.26. The molecule has 0 aliphatic heterocycles. The van der Waals surface area contributed by atoms with E-state index >= 15 is 0 Å². The Labute approximate surface area is 234 Å². The maximum absolute atomic E-state index is 13.2. The van der Waals surface area contributed by atoms with Crippen LogP contribution in [0.25, 0.3) is 22.0 Å². The van der Waals surface area contributed by atoms with E-state index in [1.54, 1.807) is 54.6 Å². The van der Waals surface area contributed by atoms with Crippen LogP contribution in [0.5, 0.6) is 0 Å². The van der Waals surface area contributed by atoms with E-state index in [2.05, 4.69) is 15.6 Å². The quantitative estimate of drug-likeness (QED) is 0.211. The van der Waals surface area contributed by atoms with Crippen LogP contribution in [0.3, 0.4) is 0 Å². The van der Waals surface area contributed by atoms with Gasteiger partial charge in [-0.05, 0) is 65.2 Å². The summed E-state index contributed by atoms with van der Waals surface area (Å²) in [5, 5.41) is 6.41. The zero-order valence-corrected chi connectivity index (χ0v) is 21.7. The number of carbonyl (C=O) groups is 2. The topological polar surface area (TPSA) is 97.1 Å². The maximum atomic E-state index is 13.2. The molecule has 0 aliphatic rings. The molecule has 4 aromatic carbocycles. The van der Waals surface area contributed by atoms with Crippen LogP contribution in [0.2, 0.25) is 0 Å². The Morgan fingerprint density at radius 2 is 1.51 bits per heavy atom. The zero-order valence-electron chi connectivity index (χ0n) is 21.7. The van der Waals surface area contributed by atoms with Gasteiger partial charge in [-0.15, -0.1) is 0 Å². The van der Waals surface area contributed by atoms with Crippen molar-refractivity contribution in [2.75, 3.05) is 11.9 Å². The number of amides is 2. The molecule has 0 spiro atoms. The number of hydrogen-bond acceptors (Lipinski definition) is 4. The number of nitrogens with two attached hydrogens (primary N) is 1. The Morgan fingerprint density at radius 1 is 0.805 bits per heavy atom. The summed E-state index contributed by atoms with van der Waals surface area (Å²) < 4.78 is 38.9. The van der Waals surface area contributed by atoms with Crippen molar-refractivity contribution in [1.29, 1.82) is 0 Å². The molecule has 206 valence electrons. The molecule has 0 saturated heterocycles. The molecular formula is C32H25F3N4O2. The molecule has 1 heterocycles. The molecule has 0 unspecified atom stereocenters. The van der Waals surface area contributed by atoms with E-state index in [1.807, 2.05) is 30.3 Å². The van der Waals surface area contributed by atoms with Crippen molar-refractivity contribution in [3.05, 3.63) is 131 Å². The Kier molecular flexibility index (Phi) is 7.80. The van der Waals surface area contributed by atoms with Gasteiger partial charge in [0.15, 0.2) is 0 Å². The smallest absolute Gasteiger partial charge is 0.344 e. The number of nitrogens with one attached hydrogen (secondary N) is 2. The van der Waals surface area contributed by atoms with Crippen LogP contribution in [-0.2, 0) is 6.18 Å². The van der Waals surface area contributed by atoms with Gasteiger partial charge in [0, 0.05) is 23.1 Å². The van der Waals surface area contributed by atoms with Crippen molar-refractivity contribution < 1.29 is 22.8 Å². The summed E-state index contributed by atoms with van der Waals surface area (Å²) in [7, 11) is 0. The molecule has 4 N–H and O–H groups in total. The lowest BCUT2D eigenvalue weighted by molar-refractivity contribution is -0.137. The van der Waals surface area contributed by atoms with Gasteiger partial charge in [0.05, 0.1) is 17.1 Å². The largest absolute Gasteiger partial charge is 0.416 e. The van der Waals surface area contributed by atoms with E-state index in [9.17, 15) is 22.8 Å². The van der Waals surface area contributed by atoms with E-state index in [-0.39, 0.29) is 29.9 Å². The minimum Gasteiger partial charge on any atom is -0.344 e. The van der Waals surface area contributed by atoms with Gasteiger partial charge in [-0.2, -0.15) is 13.2 Å². The van der Waals surface area contributed by atoms with Gasteiger partial charge in [0.1, 0.15) is 5.82 Å². The first kappa shape index (κ1) is 27.5. The molecule has 41 heavy (non-hydrogen) atoms.